The maximum atomic E-state index is 4.33. The van der Waals surface area contributed by atoms with Crippen molar-refractivity contribution in [3.63, 3.8) is 0 Å². The smallest absolute Gasteiger partial charge is 0.00321 e. The van der Waals surface area contributed by atoms with Gasteiger partial charge < -0.3 is 0 Å². The Balaban J connectivity index is 2.08. The first kappa shape index (κ1) is 12.2. The van der Waals surface area contributed by atoms with E-state index in [1.54, 1.807) is 5.57 Å². The Morgan fingerprint density at radius 1 is 1.25 bits per heavy atom. The molecule has 0 bridgehead atoms. The molecule has 2 rings (SSSR count). The molecule has 0 radical (unpaired) electrons. The van der Waals surface area contributed by atoms with Crippen molar-refractivity contribution in [3.05, 3.63) is 12.2 Å². The van der Waals surface area contributed by atoms with E-state index in [1.165, 1.54) is 12.8 Å². The van der Waals surface area contributed by atoms with Gasteiger partial charge in [-0.05, 0) is 41.9 Å². The quantitative estimate of drug-likeness (QED) is 0.591. The second-order valence-electron chi connectivity index (χ2n) is 7.11. The zero-order valence-corrected chi connectivity index (χ0v) is 11.9. The molecular weight excluding hydrogens is 192 g/mol. The van der Waals surface area contributed by atoms with Gasteiger partial charge in [0, 0.05) is 5.41 Å². The summed E-state index contributed by atoms with van der Waals surface area (Å²) in [7, 11) is 0. The lowest BCUT2D eigenvalue weighted by Crippen LogP contribution is -2.47. The molecule has 2 fully saturated rings. The molecule has 16 heavy (non-hydrogen) atoms. The number of fused-ring (bicyclic) bond motifs is 1. The van der Waals surface area contributed by atoms with E-state index >= 15 is 0 Å². The van der Waals surface area contributed by atoms with E-state index in [4.69, 9.17) is 0 Å². The van der Waals surface area contributed by atoms with Gasteiger partial charge in [0.25, 0.3) is 0 Å². The minimum atomic E-state index is 0.507. The number of rotatable bonds is 4. The molecule has 4 atom stereocenters. The van der Waals surface area contributed by atoms with Crippen molar-refractivity contribution in [2.24, 2.45) is 34.5 Å². The van der Waals surface area contributed by atoms with Crippen molar-refractivity contribution >= 4 is 0 Å². The van der Waals surface area contributed by atoms with Crippen molar-refractivity contribution in [2.45, 2.75) is 54.4 Å². The molecule has 2 aliphatic carbocycles. The summed E-state index contributed by atoms with van der Waals surface area (Å²) in [6.07, 6.45) is 2.70. The third-order valence-electron chi connectivity index (χ3n) is 6.20. The van der Waals surface area contributed by atoms with Crippen molar-refractivity contribution in [2.75, 3.05) is 0 Å². The summed E-state index contributed by atoms with van der Waals surface area (Å²) in [6, 6.07) is 0. The predicted octanol–water partition coefficient (Wildman–Crippen LogP) is 4.91. The molecule has 0 heteroatoms. The average molecular weight is 220 g/mol. The van der Waals surface area contributed by atoms with Gasteiger partial charge in [0.1, 0.15) is 0 Å². The van der Waals surface area contributed by atoms with Crippen LogP contribution in [0.4, 0.5) is 0 Å². The normalized spacial score (nSPS) is 41.6. The Labute approximate surface area is 102 Å². The highest BCUT2D eigenvalue weighted by Crippen LogP contribution is 2.85. The fourth-order valence-electron chi connectivity index (χ4n) is 4.53. The van der Waals surface area contributed by atoms with Gasteiger partial charge in [0.05, 0.1) is 0 Å². The molecule has 0 saturated heterocycles. The van der Waals surface area contributed by atoms with Crippen LogP contribution in [0.2, 0.25) is 0 Å². The lowest BCUT2D eigenvalue weighted by molar-refractivity contribution is -0.0492. The molecule has 2 aliphatic rings. The summed E-state index contributed by atoms with van der Waals surface area (Å²) in [5, 5.41) is 0. The van der Waals surface area contributed by atoms with Gasteiger partial charge in [-0.2, -0.15) is 0 Å². The van der Waals surface area contributed by atoms with Crippen molar-refractivity contribution < 1.29 is 0 Å². The number of allylic oxidation sites excluding steroid dienone is 1. The molecule has 0 N–H and O–H groups in total. The standard InChI is InChI=1S/C16H28/c1-8-16-12(5)14(16)13(15(16,6)7)9-11(4)10(2)3/h10-11,13-14H,5,8-9H2,1-4,6-7H3. The third-order valence-corrected chi connectivity index (χ3v) is 6.20. The van der Waals surface area contributed by atoms with E-state index in [9.17, 15) is 0 Å². The maximum absolute atomic E-state index is 4.33. The summed E-state index contributed by atoms with van der Waals surface area (Å²) in [5.41, 5.74) is 2.61. The maximum Gasteiger partial charge on any atom is 0.00321 e. The van der Waals surface area contributed by atoms with Crippen LogP contribution >= 0.6 is 0 Å². The molecule has 0 aromatic rings. The van der Waals surface area contributed by atoms with Gasteiger partial charge in [0.2, 0.25) is 0 Å². The molecule has 0 nitrogen and oxygen atoms in total. The Morgan fingerprint density at radius 3 is 2.12 bits per heavy atom. The SMILES string of the molecule is C=C1C2C(CC(C)C(C)C)C(C)(C)C12CC. The lowest BCUT2D eigenvalue weighted by Gasteiger charge is -2.52. The van der Waals surface area contributed by atoms with E-state index in [-0.39, 0.29) is 0 Å². The van der Waals surface area contributed by atoms with Gasteiger partial charge in [-0.25, -0.2) is 0 Å². The van der Waals surface area contributed by atoms with Crippen molar-refractivity contribution in [1.29, 1.82) is 0 Å². The van der Waals surface area contributed by atoms with Gasteiger partial charge >= 0.3 is 0 Å². The first-order valence-corrected chi connectivity index (χ1v) is 7.00. The van der Waals surface area contributed by atoms with Crippen LogP contribution in [-0.2, 0) is 0 Å². The lowest BCUT2D eigenvalue weighted by atomic mass is 9.51. The van der Waals surface area contributed by atoms with E-state index in [2.05, 4.69) is 48.1 Å². The summed E-state index contributed by atoms with van der Waals surface area (Å²) in [6.45, 7) is 18.7. The Kier molecular flexibility index (Phi) is 2.57. The summed E-state index contributed by atoms with van der Waals surface area (Å²) >= 11 is 0. The van der Waals surface area contributed by atoms with Crippen LogP contribution < -0.4 is 0 Å². The summed E-state index contributed by atoms with van der Waals surface area (Å²) in [4.78, 5) is 0. The largest absolute Gasteiger partial charge is 0.0989 e. The van der Waals surface area contributed by atoms with Gasteiger partial charge in [-0.1, -0.05) is 53.7 Å². The van der Waals surface area contributed by atoms with Crippen molar-refractivity contribution in [1.82, 2.24) is 0 Å². The van der Waals surface area contributed by atoms with Crippen LogP contribution in [0.5, 0.6) is 0 Å². The fraction of sp³-hybridized carbons (Fsp3) is 0.875. The zero-order chi connectivity index (χ0) is 12.3. The average Bonchev–Trinajstić information content (AvgIpc) is 2.77. The monoisotopic (exact) mass is 220 g/mol. The molecule has 2 saturated carbocycles. The number of hydrogen-bond donors (Lipinski definition) is 0. The van der Waals surface area contributed by atoms with Crippen LogP contribution in [0, 0.1) is 34.5 Å². The first-order valence-electron chi connectivity index (χ1n) is 7.00. The minimum absolute atomic E-state index is 0.507. The van der Waals surface area contributed by atoms with Crippen LogP contribution in [0.15, 0.2) is 12.2 Å². The first-order chi connectivity index (χ1) is 7.30. The molecule has 0 amide bonds. The Bertz CT molecular complexity index is 310. The molecule has 0 spiro atoms. The molecule has 92 valence electrons. The van der Waals surface area contributed by atoms with Gasteiger partial charge in [-0.3, -0.25) is 0 Å². The predicted molar refractivity (Wildman–Crippen MR) is 71.2 cm³/mol. The molecule has 0 aliphatic heterocycles. The van der Waals surface area contributed by atoms with Crippen LogP contribution in [-0.4, -0.2) is 0 Å². The molecule has 0 heterocycles. The molecular formula is C16H28. The van der Waals surface area contributed by atoms with E-state index in [0.717, 1.165) is 23.7 Å². The second kappa shape index (κ2) is 3.37. The second-order valence-corrected chi connectivity index (χ2v) is 7.11. The van der Waals surface area contributed by atoms with E-state index < -0.39 is 0 Å². The zero-order valence-electron chi connectivity index (χ0n) is 11.9. The van der Waals surface area contributed by atoms with Crippen LogP contribution in [0.25, 0.3) is 0 Å². The van der Waals surface area contributed by atoms with Gasteiger partial charge in [0.15, 0.2) is 0 Å². The molecule has 0 aromatic carbocycles. The van der Waals surface area contributed by atoms with E-state index in [0.29, 0.717) is 10.8 Å². The molecule has 4 unspecified atom stereocenters. The molecule has 0 aromatic heterocycles. The Morgan fingerprint density at radius 2 is 1.81 bits per heavy atom. The summed E-state index contributed by atoms with van der Waals surface area (Å²) < 4.78 is 0. The highest BCUT2D eigenvalue weighted by molar-refractivity contribution is 5.48. The minimum Gasteiger partial charge on any atom is -0.0989 e. The third kappa shape index (κ3) is 1.17. The Hall–Kier alpha value is -0.260. The topological polar surface area (TPSA) is 0 Å². The van der Waals surface area contributed by atoms with Gasteiger partial charge in [-0.15, -0.1) is 0 Å². The van der Waals surface area contributed by atoms with Crippen LogP contribution in [0.3, 0.4) is 0 Å². The fourth-order valence-corrected chi connectivity index (χ4v) is 4.53. The van der Waals surface area contributed by atoms with Crippen molar-refractivity contribution in [3.8, 4) is 0 Å². The number of hydrogen-bond acceptors (Lipinski definition) is 0. The summed E-state index contributed by atoms with van der Waals surface area (Å²) in [5.74, 6) is 3.44. The highest BCUT2D eigenvalue weighted by atomic mass is 14.8. The van der Waals surface area contributed by atoms with E-state index in [1.807, 2.05) is 0 Å². The highest BCUT2D eigenvalue weighted by Gasteiger charge is 2.78. The van der Waals surface area contributed by atoms with Crippen LogP contribution in [0.1, 0.15) is 54.4 Å².